The molecule has 148 valence electrons. The molecule has 0 atom stereocenters. The molecule has 6 heteroatoms. The summed E-state index contributed by atoms with van der Waals surface area (Å²) in [5.74, 6) is 1.49. The van der Waals surface area contributed by atoms with E-state index in [1.165, 1.54) is 0 Å². The molecule has 0 unspecified atom stereocenters. The number of hydrogen-bond donors (Lipinski definition) is 0. The lowest BCUT2D eigenvalue weighted by Crippen LogP contribution is -2.50. The molecule has 0 bridgehead atoms. The Balaban J connectivity index is 1.46. The Morgan fingerprint density at radius 3 is 1.96 bits per heavy atom. The number of carbonyl (C=O) groups is 2. The molecular formula is C22H26N2O4. The topological polar surface area (TPSA) is 59.1 Å². The third-order valence-corrected chi connectivity index (χ3v) is 4.77. The van der Waals surface area contributed by atoms with Crippen LogP contribution in [0.3, 0.4) is 0 Å². The number of hydrogen-bond acceptors (Lipinski definition) is 5. The molecule has 1 amide bonds. The molecule has 2 aromatic carbocycles. The first-order valence-electron chi connectivity index (χ1n) is 9.56. The van der Waals surface area contributed by atoms with Crippen molar-refractivity contribution >= 4 is 17.4 Å². The van der Waals surface area contributed by atoms with Gasteiger partial charge < -0.3 is 19.3 Å². The highest BCUT2D eigenvalue weighted by atomic mass is 16.5. The molecule has 1 fully saturated rings. The molecule has 6 nitrogen and oxygen atoms in total. The maximum Gasteiger partial charge on any atom is 0.260 e. The normalized spacial score (nSPS) is 13.9. The van der Waals surface area contributed by atoms with Gasteiger partial charge in [-0.2, -0.15) is 0 Å². The summed E-state index contributed by atoms with van der Waals surface area (Å²) < 4.78 is 11.0. The average Bonchev–Trinajstić information content (AvgIpc) is 2.73. The number of rotatable bonds is 7. The Bertz CT molecular complexity index is 794. The molecule has 0 aliphatic carbocycles. The molecular weight excluding hydrogens is 356 g/mol. The lowest BCUT2D eigenvalue weighted by molar-refractivity contribution is -0.133. The van der Waals surface area contributed by atoms with E-state index in [0.29, 0.717) is 31.0 Å². The minimum absolute atomic E-state index is 0.0135. The number of ether oxygens (including phenoxy) is 2. The van der Waals surface area contributed by atoms with E-state index < -0.39 is 0 Å². The molecule has 1 aliphatic heterocycles. The Morgan fingerprint density at radius 2 is 1.43 bits per heavy atom. The number of carbonyl (C=O) groups excluding carboxylic acids is 2. The van der Waals surface area contributed by atoms with E-state index in [1.807, 2.05) is 48.2 Å². The van der Waals surface area contributed by atoms with Crippen molar-refractivity contribution in [1.82, 2.24) is 4.90 Å². The largest absolute Gasteiger partial charge is 0.494 e. The summed E-state index contributed by atoms with van der Waals surface area (Å²) in [4.78, 5) is 27.9. The number of anilines is 1. The number of piperazine rings is 1. The van der Waals surface area contributed by atoms with Crippen molar-refractivity contribution in [3.63, 3.8) is 0 Å². The second-order valence-electron chi connectivity index (χ2n) is 6.66. The summed E-state index contributed by atoms with van der Waals surface area (Å²) in [6, 6.07) is 14.9. The van der Waals surface area contributed by atoms with Crippen LogP contribution in [0.25, 0.3) is 0 Å². The third-order valence-electron chi connectivity index (χ3n) is 4.77. The Hall–Kier alpha value is -3.02. The monoisotopic (exact) mass is 382 g/mol. The van der Waals surface area contributed by atoms with Crippen LogP contribution in [-0.2, 0) is 4.79 Å². The highest BCUT2D eigenvalue weighted by Gasteiger charge is 2.21. The van der Waals surface area contributed by atoms with Gasteiger partial charge in [-0.05, 0) is 62.4 Å². The summed E-state index contributed by atoms with van der Waals surface area (Å²) >= 11 is 0. The Labute approximate surface area is 165 Å². The molecule has 0 aromatic heterocycles. The minimum Gasteiger partial charge on any atom is -0.494 e. The number of benzene rings is 2. The summed E-state index contributed by atoms with van der Waals surface area (Å²) in [7, 11) is 0. The fourth-order valence-corrected chi connectivity index (χ4v) is 3.16. The fraction of sp³-hybridized carbons (Fsp3) is 0.364. The van der Waals surface area contributed by atoms with Crippen molar-refractivity contribution in [1.29, 1.82) is 0 Å². The highest BCUT2D eigenvalue weighted by Crippen LogP contribution is 2.19. The van der Waals surface area contributed by atoms with Crippen LogP contribution < -0.4 is 14.4 Å². The van der Waals surface area contributed by atoms with Crippen LogP contribution >= 0.6 is 0 Å². The summed E-state index contributed by atoms with van der Waals surface area (Å²) in [5, 5.41) is 0. The predicted molar refractivity (Wildman–Crippen MR) is 108 cm³/mol. The molecule has 3 rings (SSSR count). The van der Waals surface area contributed by atoms with Crippen molar-refractivity contribution in [3.05, 3.63) is 54.1 Å². The van der Waals surface area contributed by atoms with Crippen molar-refractivity contribution in [3.8, 4) is 11.5 Å². The summed E-state index contributed by atoms with van der Waals surface area (Å²) in [6.07, 6.45) is 0. The van der Waals surface area contributed by atoms with Crippen LogP contribution in [0.2, 0.25) is 0 Å². The van der Waals surface area contributed by atoms with E-state index >= 15 is 0 Å². The van der Waals surface area contributed by atoms with E-state index in [-0.39, 0.29) is 18.3 Å². The average molecular weight is 382 g/mol. The van der Waals surface area contributed by atoms with E-state index in [1.54, 1.807) is 19.1 Å². The Morgan fingerprint density at radius 1 is 0.857 bits per heavy atom. The third kappa shape index (κ3) is 5.03. The van der Waals surface area contributed by atoms with Crippen LogP contribution in [0.15, 0.2) is 48.5 Å². The van der Waals surface area contributed by atoms with Crippen molar-refractivity contribution in [2.75, 3.05) is 44.3 Å². The van der Waals surface area contributed by atoms with Gasteiger partial charge in [0, 0.05) is 37.4 Å². The van der Waals surface area contributed by atoms with E-state index in [2.05, 4.69) is 4.90 Å². The maximum absolute atomic E-state index is 12.4. The molecule has 0 spiro atoms. The second-order valence-corrected chi connectivity index (χ2v) is 6.66. The quantitative estimate of drug-likeness (QED) is 0.689. The van der Waals surface area contributed by atoms with Crippen LogP contribution in [-0.4, -0.2) is 56.0 Å². The van der Waals surface area contributed by atoms with Gasteiger partial charge in [-0.3, -0.25) is 9.59 Å². The van der Waals surface area contributed by atoms with Gasteiger partial charge in [0.1, 0.15) is 11.5 Å². The first-order chi connectivity index (χ1) is 13.6. The van der Waals surface area contributed by atoms with Gasteiger partial charge in [-0.25, -0.2) is 0 Å². The zero-order chi connectivity index (χ0) is 19.9. The van der Waals surface area contributed by atoms with Gasteiger partial charge in [0.25, 0.3) is 5.91 Å². The number of amides is 1. The standard InChI is InChI=1S/C22H26N2O4/c1-3-27-20-8-10-21(11-9-20)28-16-22(26)24-14-12-23(13-15-24)19-6-4-18(5-7-19)17(2)25/h4-11H,3,12-16H2,1-2H3. The highest BCUT2D eigenvalue weighted by molar-refractivity contribution is 5.94. The molecule has 1 heterocycles. The molecule has 1 aliphatic rings. The molecule has 1 saturated heterocycles. The van der Waals surface area contributed by atoms with Crippen LogP contribution in [0.5, 0.6) is 11.5 Å². The van der Waals surface area contributed by atoms with Gasteiger partial charge in [0.2, 0.25) is 0 Å². The Kier molecular flexibility index (Phi) is 6.53. The predicted octanol–water partition coefficient (Wildman–Crippen LogP) is 3.02. The lowest BCUT2D eigenvalue weighted by Gasteiger charge is -2.36. The van der Waals surface area contributed by atoms with Gasteiger partial charge in [0.15, 0.2) is 12.4 Å². The van der Waals surface area contributed by atoms with Crippen molar-refractivity contribution in [2.24, 2.45) is 0 Å². The van der Waals surface area contributed by atoms with E-state index in [0.717, 1.165) is 24.5 Å². The first kappa shape index (κ1) is 19.7. The number of ketones is 1. The zero-order valence-electron chi connectivity index (χ0n) is 16.4. The number of nitrogens with zero attached hydrogens (tertiary/aromatic N) is 2. The SMILES string of the molecule is CCOc1ccc(OCC(=O)N2CCN(c3ccc(C(C)=O)cc3)CC2)cc1. The first-order valence-corrected chi connectivity index (χ1v) is 9.56. The lowest BCUT2D eigenvalue weighted by atomic mass is 10.1. The molecule has 0 saturated carbocycles. The molecule has 2 aromatic rings. The molecule has 28 heavy (non-hydrogen) atoms. The fourth-order valence-electron chi connectivity index (χ4n) is 3.16. The second kappa shape index (κ2) is 9.26. The molecule has 0 radical (unpaired) electrons. The van der Waals surface area contributed by atoms with Crippen LogP contribution in [0.1, 0.15) is 24.2 Å². The van der Waals surface area contributed by atoms with Gasteiger partial charge >= 0.3 is 0 Å². The minimum atomic E-state index is -0.0135. The number of Topliss-reactive ketones (excluding diaryl/α,β-unsaturated/α-hetero) is 1. The van der Waals surface area contributed by atoms with Gasteiger partial charge in [-0.1, -0.05) is 0 Å². The molecule has 0 N–H and O–H groups in total. The van der Waals surface area contributed by atoms with Gasteiger partial charge in [0.05, 0.1) is 6.61 Å². The zero-order valence-corrected chi connectivity index (χ0v) is 16.4. The van der Waals surface area contributed by atoms with Gasteiger partial charge in [-0.15, -0.1) is 0 Å². The van der Waals surface area contributed by atoms with E-state index in [9.17, 15) is 9.59 Å². The smallest absolute Gasteiger partial charge is 0.260 e. The van der Waals surface area contributed by atoms with E-state index in [4.69, 9.17) is 9.47 Å². The summed E-state index contributed by atoms with van der Waals surface area (Å²) in [6.45, 7) is 6.97. The van der Waals surface area contributed by atoms with Crippen molar-refractivity contribution in [2.45, 2.75) is 13.8 Å². The summed E-state index contributed by atoms with van der Waals surface area (Å²) in [5.41, 5.74) is 1.78. The maximum atomic E-state index is 12.4. The van der Waals surface area contributed by atoms with Crippen LogP contribution in [0.4, 0.5) is 5.69 Å². The van der Waals surface area contributed by atoms with Crippen LogP contribution in [0, 0.1) is 0 Å². The van der Waals surface area contributed by atoms with Crippen molar-refractivity contribution < 1.29 is 19.1 Å².